The lowest BCUT2D eigenvalue weighted by Crippen LogP contribution is -2.47. The fraction of sp³-hybridized carbons (Fsp3) is 0.667. The molecule has 0 spiro atoms. The van der Waals surface area contributed by atoms with Gasteiger partial charge in [0.2, 0.25) is 0 Å². The number of ether oxygens (including phenoxy) is 2. The SMILES string of the molecule is COC1(C(N)c2sccc2C)CCOCC1. The predicted octanol–water partition coefficient (Wildman–Crippen LogP) is 2.25. The van der Waals surface area contributed by atoms with Crippen molar-refractivity contribution in [3.8, 4) is 0 Å². The highest BCUT2D eigenvalue weighted by atomic mass is 32.1. The molecule has 0 radical (unpaired) electrons. The first-order valence-corrected chi connectivity index (χ1v) is 6.50. The minimum Gasteiger partial charge on any atom is -0.381 e. The van der Waals surface area contributed by atoms with Crippen LogP contribution in [0.4, 0.5) is 0 Å². The van der Waals surface area contributed by atoms with Crippen molar-refractivity contribution in [2.45, 2.75) is 31.4 Å². The van der Waals surface area contributed by atoms with Gasteiger partial charge in [0.15, 0.2) is 0 Å². The smallest absolute Gasteiger partial charge is 0.0922 e. The normalized spacial score (nSPS) is 21.9. The van der Waals surface area contributed by atoms with Crippen molar-refractivity contribution < 1.29 is 9.47 Å². The number of aryl methyl sites for hydroxylation is 1. The van der Waals surface area contributed by atoms with Gasteiger partial charge in [-0.15, -0.1) is 11.3 Å². The van der Waals surface area contributed by atoms with E-state index < -0.39 is 0 Å². The first kappa shape index (κ1) is 12.0. The second-order valence-corrected chi connectivity index (χ2v) is 5.27. The van der Waals surface area contributed by atoms with Gasteiger partial charge in [-0.3, -0.25) is 0 Å². The lowest BCUT2D eigenvalue weighted by molar-refractivity contribution is -0.104. The van der Waals surface area contributed by atoms with Gasteiger partial charge < -0.3 is 15.2 Å². The summed E-state index contributed by atoms with van der Waals surface area (Å²) in [6.07, 6.45) is 1.75. The van der Waals surface area contributed by atoms with Gasteiger partial charge >= 0.3 is 0 Å². The van der Waals surface area contributed by atoms with E-state index in [0.29, 0.717) is 0 Å². The summed E-state index contributed by atoms with van der Waals surface area (Å²) in [6.45, 7) is 3.59. The Bertz CT molecular complexity index is 345. The zero-order chi connectivity index (χ0) is 11.6. The van der Waals surface area contributed by atoms with Gasteiger partial charge in [-0.1, -0.05) is 0 Å². The van der Waals surface area contributed by atoms with E-state index in [4.69, 9.17) is 15.2 Å². The van der Waals surface area contributed by atoms with E-state index in [1.807, 2.05) is 0 Å². The molecule has 2 rings (SSSR count). The molecular weight excluding hydrogens is 222 g/mol. The molecule has 0 saturated carbocycles. The average Bonchev–Trinajstić information content (AvgIpc) is 2.75. The van der Waals surface area contributed by atoms with Crippen molar-refractivity contribution >= 4 is 11.3 Å². The van der Waals surface area contributed by atoms with Crippen LogP contribution in [0.25, 0.3) is 0 Å². The monoisotopic (exact) mass is 241 g/mol. The second-order valence-electron chi connectivity index (χ2n) is 4.33. The number of hydrogen-bond donors (Lipinski definition) is 1. The molecule has 0 amide bonds. The Kier molecular flexibility index (Phi) is 3.64. The van der Waals surface area contributed by atoms with Gasteiger partial charge in [-0.25, -0.2) is 0 Å². The molecule has 3 nitrogen and oxygen atoms in total. The Morgan fingerprint density at radius 3 is 2.69 bits per heavy atom. The van der Waals surface area contributed by atoms with E-state index in [2.05, 4.69) is 18.4 Å². The van der Waals surface area contributed by atoms with Gasteiger partial charge in [-0.2, -0.15) is 0 Å². The number of rotatable bonds is 3. The molecule has 16 heavy (non-hydrogen) atoms. The van der Waals surface area contributed by atoms with Crippen LogP contribution in [-0.4, -0.2) is 25.9 Å². The third-order valence-electron chi connectivity index (χ3n) is 3.50. The molecule has 1 fully saturated rings. The van der Waals surface area contributed by atoms with Crippen LogP contribution in [0.5, 0.6) is 0 Å². The Morgan fingerprint density at radius 1 is 1.50 bits per heavy atom. The van der Waals surface area contributed by atoms with Crippen LogP contribution in [0.15, 0.2) is 11.4 Å². The van der Waals surface area contributed by atoms with Crippen molar-refractivity contribution in [2.24, 2.45) is 5.73 Å². The van der Waals surface area contributed by atoms with Gasteiger partial charge in [0, 0.05) is 38.0 Å². The van der Waals surface area contributed by atoms with Gasteiger partial charge in [0.25, 0.3) is 0 Å². The summed E-state index contributed by atoms with van der Waals surface area (Å²) in [6, 6.07) is 2.07. The van der Waals surface area contributed by atoms with Crippen molar-refractivity contribution in [3.63, 3.8) is 0 Å². The fourth-order valence-electron chi connectivity index (χ4n) is 2.30. The first-order valence-electron chi connectivity index (χ1n) is 5.62. The third kappa shape index (κ3) is 2.02. The summed E-state index contributed by atoms with van der Waals surface area (Å²) in [5.74, 6) is 0. The van der Waals surface area contributed by atoms with Crippen molar-refractivity contribution in [3.05, 3.63) is 21.9 Å². The lowest BCUT2D eigenvalue weighted by Gasteiger charge is -2.40. The summed E-state index contributed by atoms with van der Waals surface area (Å²) in [5, 5.41) is 2.09. The van der Waals surface area contributed by atoms with E-state index in [9.17, 15) is 0 Å². The second kappa shape index (κ2) is 4.84. The number of thiophene rings is 1. The van der Waals surface area contributed by atoms with Gasteiger partial charge in [0.05, 0.1) is 11.6 Å². The van der Waals surface area contributed by atoms with Crippen LogP contribution in [-0.2, 0) is 9.47 Å². The van der Waals surface area contributed by atoms with Crippen LogP contribution < -0.4 is 5.73 Å². The molecular formula is C12H19NO2S. The Hall–Kier alpha value is -0.420. The molecule has 90 valence electrons. The topological polar surface area (TPSA) is 44.5 Å². The summed E-state index contributed by atoms with van der Waals surface area (Å²) in [5.41, 5.74) is 7.41. The van der Waals surface area contributed by atoms with E-state index in [-0.39, 0.29) is 11.6 Å². The zero-order valence-corrected chi connectivity index (χ0v) is 10.7. The Balaban J connectivity index is 2.24. The largest absolute Gasteiger partial charge is 0.381 e. The maximum atomic E-state index is 6.39. The maximum absolute atomic E-state index is 6.39. The summed E-state index contributed by atoms with van der Waals surface area (Å²) >= 11 is 1.72. The van der Waals surface area contributed by atoms with Crippen LogP contribution in [0.2, 0.25) is 0 Å². The van der Waals surface area contributed by atoms with Crippen molar-refractivity contribution in [2.75, 3.05) is 20.3 Å². The van der Waals surface area contributed by atoms with Gasteiger partial charge in [0.1, 0.15) is 0 Å². The predicted molar refractivity (Wildman–Crippen MR) is 65.8 cm³/mol. The molecule has 1 atom stereocenters. The molecule has 1 unspecified atom stereocenters. The zero-order valence-electron chi connectivity index (χ0n) is 9.86. The molecule has 1 aromatic rings. The summed E-state index contributed by atoms with van der Waals surface area (Å²) in [7, 11) is 1.76. The molecule has 2 N–H and O–H groups in total. The molecule has 0 bridgehead atoms. The minimum absolute atomic E-state index is 0.0404. The van der Waals surface area contributed by atoms with E-state index in [0.717, 1.165) is 26.1 Å². The number of hydrogen-bond acceptors (Lipinski definition) is 4. The molecule has 1 aliphatic heterocycles. The molecule has 1 aromatic heterocycles. The van der Waals surface area contributed by atoms with E-state index in [1.54, 1.807) is 18.4 Å². The molecule has 0 aromatic carbocycles. The van der Waals surface area contributed by atoms with Crippen LogP contribution in [0.1, 0.15) is 29.3 Å². The Morgan fingerprint density at radius 2 is 2.19 bits per heavy atom. The Labute approximate surface area is 101 Å². The number of nitrogens with two attached hydrogens (primary N) is 1. The lowest BCUT2D eigenvalue weighted by atomic mass is 9.85. The number of methoxy groups -OCH3 is 1. The highest BCUT2D eigenvalue weighted by molar-refractivity contribution is 7.10. The first-order chi connectivity index (χ1) is 7.69. The maximum Gasteiger partial charge on any atom is 0.0922 e. The molecule has 2 heterocycles. The molecule has 1 saturated heterocycles. The van der Waals surface area contributed by atoms with Crippen molar-refractivity contribution in [1.82, 2.24) is 0 Å². The summed E-state index contributed by atoms with van der Waals surface area (Å²) < 4.78 is 11.1. The highest BCUT2D eigenvalue weighted by Gasteiger charge is 2.40. The average molecular weight is 241 g/mol. The van der Waals surface area contributed by atoms with Gasteiger partial charge in [-0.05, 0) is 23.9 Å². The van der Waals surface area contributed by atoms with Crippen molar-refractivity contribution in [1.29, 1.82) is 0 Å². The standard InChI is InChI=1S/C12H19NO2S/c1-9-3-8-16-10(9)11(13)12(14-2)4-6-15-7-5-12/h3,8,11H,4-7,13H2,1-2H3. The molecule has 1 aliphatic rings. The molecule has 0 aliphatic carbocycles. The molecule has 4 heteroatoms. The van der Waals surface area contributed by atoms with Crippen LogP contribution in [0.3, 0.4) is 0 Å². The van der Waals surface area contributed by atoms with E-state index >= 15 is 0 Å². The quantitative estimate of drug-likeness (QED) is 0.882. The van der Waals surface area contributed by atoms with E-state index in [1.165, 1.54) is 10.4 Å². The fourth-order valence-corrected chi connectivity index (χ4v) is 3.34. The van der Waals surface area contributed by atoms with Crippen LogP contribution in [0, 0.1) is 6.92 Å². The third-order valence-corrected chi connectivity index (χ3v) is 4.60. The van der Waals surface area contributed by atoms with Crippen LogP contribution >= 0.6 is 11.3 Å². The highest BCUT2D eigenvalue weighted by Crippen LogP contribution is 2.38. The minimum atomic E-state index is -0.242. The summed E-state index contributed by atoms with van der Waals surface area (Å²) in [4.78, 5) is 1.24.